The maximum absolute atomic E-state index is 9.52. The van der Waals surface area contributed by atoms with E-state index in [0.717, 1.165) is 27.3 Å². The Morgan fingerprint density at radius 3 is 2.60 bits per heavy atom. The fourth-order valence-corrected chi connectivity index (χ4v) is 2.94. The minimum Gasteiger partial charge on any atom is -0.506 e. The van der Waals surface area contributed by atoms with Gasteiger partial charge in [0, 0.05) is 11.8 Å². The van der Waals surface area contributed by atoms with E-state index in [4.69, 9.17) is 5.73 Å². The Hall–Kier alpha value is -2.40. The first-order valence-corrected chi connectivity index (χ1v) is 6.93. The van der Waals surface area contributed by atoms with Gasteiger partial charge < -0.3 is 10.8 Å². The van der Waals surface area contributed by atoms with Crippen LogP contribution in [0.15, 0.2) is 42.7 Å². The van der Waals surface area contributed by atoms with Crippen molar-refractivity contribution in [3.05, 3.63) is 48.4 Å². The first-order valence-electron chi connectivity index (χ1n) is 6.11. The van der Waals surface area contributed by atoms with E-state index in [9.17, 15) is 5.11 Å². The van der Waals surface area contributed by atoms with Crippen molar-refractivity contribution in [2.45, 2.75) is 6.92 Å². The van der Waals surface area contributed by atoms with Gasteiger partial charge in [0.1, 0.15) is 5.75 Å². The van der Waals surface area contributed by atoms with Crippen LogP contribution in [0.2, 0.25) is 0 Å². The third-order valence-corrected chi connectivity index (χ3v) is 4.03. The molecule has 2 heterocycles. The number of hydrogen-bond acceptors (Lipinski definition) is 5. The van der Waals surface area contributed by atoms with Crippen LogP contribution in [-0.4, -0.2) is 15.1 Å². The first-order chi connectivity index (χ1) is 9.63. The summed E-state index contributed by atoms with van der Waals surface area (Å²) in [7, 11) is 0. The smallest absolute Gasteiger partial charge is 0.180 e. The number of hydrogen-bond donors (Lipinski definition) is 2. The molecule has 3 N–H and O–H groups in total. The first kappa shape index (κ1) is 12.6. The van der Waals surface area contributed by atoms with Gasteiger partial charge in [0.15, 0.2) is 5.13 Å². The molecule has 0 aliphatic heterocycles. The van der Waals surface area contributed by atoms with Gasteiger partial charge in [-0.25, -0.2) is 4.98 Å². The average Bonchev–Trinajstić information content (AvgIpc) is 2.78. The number of thiazole rings is 1. The summed E-state index contributed by atoms with van der Waals surface area (Å²) in [6.45, 7) is 1.95. The second kappa shape index (κ2) is 4.94. The molecule has 1 aromatic carbocycles. The zero-order valence-electron chi connectivity index (χ0n) is 10.9. The second-order valence-corrected chi connectivity index (χ2v) is 5.51. The fraction of sp³-hybridized carbons (Fsp3) is 0.0667. The van der Waals surface area contributed by atoms with Gasteiger partial charge in [-0.1, -0.05) is 29.5 Å². The summed E-state index contributed by atoms with van der Waals surface area (Å²) in [5.41, 5.74) is 9.62. The Morgan fingerprint density at radius 1 is 1.10 bits per heavy atom. The van der Waals surface area contributed by atoms with Gasteiger partial charge in [-0.15, -0.1) is 0 Å². The molecule has 5 heteroatoms. The van der Waals surface area contributed by atoms with Gasteiger partial charge in [-0.05, 0) is 30.2 Å². The molecule has 3 rings (SSSR count). The minimum absolute atomic E-state index is 0.158. The lowest BCUT2D eigenvalue weighted by Gasteiger charge is -2.05. The predicted molar refractivity (Wildman–Crippen MR) is 81.6 cm³/mol. The molecule has 0 aliphatic carbocycles. The monoisotopic (exact) mass is 283 g/mol. The Kier molecular flexibility index (Phi) is 3.12. The number of nitrogens with two attached hydrogens (primary N) is 1. The predicted octanol–water partition coefficient (Wildman–Crippen LogP) is 3.47. The van der Waals surface area contributed by atoms with Crippen LogP contribution in [-0.2, 0) is 0 Å². The molecule has 3 aromatic rings. The lowest BCUT2D eigenvalue weighted by molar-refractivity contribution is 0.473. The molecule has 20 heavy (non-hydrogen) atoms. The number of benzene rings is 1. The van der Waals surface area contributed by atoms with Crippen LogP contribution in [0.4, 0.5) is 5.13 Å². The Morgan fingerprint density at radius 2 is 1.90 bits per heavy atom. The van der Waals surface area contributed by atoms with Crippen molar-refractivity contribution in [1.29, 1.82) is 0 Å². The summed E-state index contributed by atoms with van der Waals surface area (Å²) < 4.78 is 0. The van der Waals surface area contributed by atoms with E-state index < -0.39 is 0 Å². The lowest BCUT2D eigenvalue weighted by Crippen LogP contribution is -1.83. The fourth-order valence-electron chi connectivity index (χ4n) is 2.11. The van der Waals surface area contributed by atoms with E-state index >= 15 is 0 Å². The number of aryl methyl sites for hydroxylation is 1. The zero-order chi connectivity index (χ0) is 14.1. The van der Waals surface area contributed by atoms with Crippen molar-refractivity contribution in [2.75, 3.05) is 5.73 Å². The normalized spacial score (nSPS) is 10.7. The van der Waals surface area contributed by atoms with Crippen LogP contribution < -0.4 is 5.73 Å². The van der Waals surface area contributed by atoms with Crippen LogP contribution in [0.5, 0.6) is 5.75 Å². The van der Waals surface area contributed by atoms with Crippen molar-refractivity contribution < 1.29 is 5.11 Å². The number of nitrogens with zero attached hydrogens (tertiary/aromatic N) is 2. The Balaban J connectivity index is 2.08. The van der Waals surface area contributed by atoms with E-state index in [1.165, 1.54) is 17.5 Å². The molecular weight excluding hydrogens is 270 g/mol. The van der Waals surface area contributed by atoms with E-state index in [0.29, 0.717) is 5.13 Å². The van der Waals surface area contributed by atoms with E-state index in [1.54, 1.807) is 12.3 Å². The minimum atomic E-state index is 0.158. The van der Waals surface area contributed by atoms with Crippen LogP contribution in [0.1, 0.15) is 5.69 Å². The van der Waals surface area contributed by atoms with Crippen molar-refractivity contribution in [3.8, 4) is 27.3 Å². The largest absolute Gasteiger partial charge is 0.506 e. The highest BCUT2D eigenvalue weighted by Gasteiger charge is 2.09. The number of anilines is 1. The molecule has 0 aliphatic rings. The standard InChI is InChI=1S/C15H13N3OS/c1-9-14(20-15(16)18-9)11-4-2-3-10(5-11)12-6-13(19)8-17-7-12/h2-8,19H,1H3,(H2,16,18). The number of nitrogen functional groups attached to an aromatic ring is 1. The summed E-state index contributed by atoms with van der Waals surface area (Å²) in [5.74, 6) is 0.158. The maximum atomic E-state index is 9.52. The van der Waals surface area contributed by atoms with Crippen LogP contribution in [0.3, 0.4) is 0 Å². The molecule has 0 bridgehead atoms. The second-order valence-electron chi connectivity index (χ2n) is 4.48. The molecule has 0 spiro atoms. The topological polar surface area (TPSA) is 72.0 Å². The highest BCUT2D eigenvalue weighted by Crippen LogP contribution is 2.33. The molecule has 0 radical (unpaired) electrons. The average molecular weight is 283 g/mol. The molecule has 2 aromatic heterocycles. The summed E-state index contributed by atoms with van der Waals surface area (Å²) in [5, 5.41) is 10.1. The van der Waals surface area contributed by atoms with Crippen molar-refractivity contribution in [2.24, 2.45) is 0 Å². The molecule has 0 atom stereocenters. The third kappa shape index (κ3) is 2.35. The molecule has 4 nitrogen and oxygen atoms in total. The summed E-state index contributed by atoms with van der Waals surface area (Å²) in [4.78, 5) is 9.32. The van der Waals surface area contributed by atoms with E-state index in [1.807, 2.05) is 25.1 Å². The highest BCUT2D eigenvalue weighted by molar-refractivity contribution is 7.18. The molecular formula is C15H13N3OS. The van der Waals surface area contributed by atoms with Crippen LogP contribution in [0, 0.1) is 6.92 Å². The molecule has 0 fully saturated rings. The molecule has 0 saturated carbocycles. The molecule has 0 unspecified atom stereocenters. The van der Waals surface area contributed by atoms with Gasteiger partial charge in [0.2, 0.25) is 0 Å². The van der Waals surface area contributed by atoms with Crippen molar-refractivity contribution in [3.63, 3.8) is 0 Å². The summed E-state index contributed by atoms with van der Waals surface area (Å²) in [6, 6.07) is 9.74. The quantitative estimate of drug-likeness (QED) is 0.755. The molecule has 100 valence electrons. The van der Waals surface area contributed by atoms with Gasteiger partial charge >= 0.3 is 0 Å². The maximum Gasteiger partial charge on any atom is 0.180 e. The zero-order valence-corrected chi connectivity index (χ0v) is 11.7. The summed E-state index contributed by atoms with van der Waals surface area (Å²) >= 11 is 1.48. The van der Waals surface area contributed by atoms with Gasteiger partial charge in [0.05, 0.1) is 16.8 Å². The summed E-state index contributed by atoms with van der Waals surface area (Å²) in [6.07, 6.45) is 3.15. The van der Waals surface area contributed by atoms with Gasteiger partial charge in [-0.3, -0.25) is 4.98 Å². The number of rotatable bonds is 2. The lowest BCUT2D eigenvalue weighted by atomic mass is 10.0. The number of pyridine rings is 1. The molecule has 0 amide bonds. The highest BCUT2D eigenvalue weighted by atomic mass is 32.1. The van der Waals surface area contributed by atoms with E-state index in [2.05, 4.69) is 16.0 Å². The third-order valence-electron chi connectivity index (χ3n) is 3.00. The SMILES string of the molecule is Cc1nc(N)sc1-c1cccc(-c2cncc(O)c2)c1. The van der Waals surface area contributed by atoms with Crippen LogP contribution >= 0.6 is 11.3 Å². The molecule has 0 saturated heterocycles. The van der Waals surface area contributed by atoms with Gasteiger partial charge in [0.25, 0.3) is 0 Å². The number of aromatic nitrogens is 2. The number of aromatic hydroxyl groups is 1. The van der Waals surface area contributed by atoms with Crippen molar-refractivity contribution >= 4 is 16.5 Å². The Bertz CT molecular complexity index is 767. The van der Waals surface area contributed by atoms with Gasteiger partial charge in [-0.2, -0.15) is 0 Å². The van der Waals surface area contributed by atoms with Crippen molar-refractivity contribution in [1.82, 2.24) is 9.97 Å². The van der Waals surface area contributed by atoms with Crippen LogP contribution in [0.25, 0.3) is 21.6 Å². The Labute approximate surface area is 120 Å². The van der Waals surface area contributed by atoms with E-state index in [-0.39, 0.29) is 5.75 Å².